The van der Waals surface area contributed by atoms with Crippen LogP contribution in [0.15, 0.2) is 47.7 Å². The minimum atomic E-state index is -0.197. The summed E-state index contributed by atoms with van der Waals surface area (Å²) in [6, 6.07) is 7.45. The van der Waals surface area contributed by atoms with Gasteiger partial charge in [0.1, 0.15) is 6.54 Å². The first-order chi connectivity index (χ1) is 10.6. The number of fused-ring (bicyclic) bond motifs is 1. The minimum absolute atomic E-state index is 0.0178. The van der Waals surface area contributed by atoms with E-state index in [-0.39, 0.29) is 18.0 Å². The molecule has 3 heterocycles. The number of nitrogens with one attached hydrogen (secondary N) is 1. The van der Waals surface area contributed by atoms with Gasteiger partial charge in [0.15, 0.2) is 0 Å². The molecule has 0 fully saturated rings. The maximum Gasteiger partial charge on any atom is 0.259 e. The van der Waals surface area contributed by atoms with E-state index in [1.807, 2.05) is 31.2 Å². The van der Waals surface area contributed by atoms with Gasteiger partial charge >= 0.3 is 0 Å². The molecule has 0 aromatic carbocycles. The Hall–Kier alpha value is -2.47. The maximum atomic E-state index is 12.3. The Morgan fingerprint density at radius 2 is 2.27 bits per heavy atom. The molecule has 0 aliphatic carbocycles. The molecular weight excluding hydrogens is 298 g/mol. The highest BCUT2D eigenvalue weighted by molar-refractivity contribution is 7.18. The van der Waals surface area contributed by atoms with Gasteiger partial charge in [0, 0.05) is 34.7 Å². The van der Waals surface area contributed by atoms with Crippen LogP contribution in [0.2, 0.25) is 0 Å². The van der Waals surface area contributed by atoms with E-state index in [0.717, 1.165) is 15.1 Å². The molecule has 0 aliphatic rings. The first-order valence-corrected chi connectivity index (χ1v) is 7.70. The average molecular weight is 313 g/mol. The van der Waals surface area contributed by atoms with E-state index in [9.17, 15) is 9.59 Å². The van der Waals surface area contributed by atoms with Crippen LogP contribution in [0.5, 0.6) is 0 Å². The van der Waals surface area contributed by atoms with Crippen molar-refractivity contribution in [1.82, 2.24) is 14.9 Å². The number of carbonyl (C=O) groups is 1. The van der Waals surface area contributed by atoms with Crippen molar-refractivity contribution in [2.24, 2.45) is 0 Å². The van der Waals surface area contributed by atoms with E-state index in [2.05, 4.69) is 10.3 Å². The monoisotopic (exact) mass is 313 g/mol. The lowest BCUT2D eigenvalue weighted by molar-refractivity contribution is -0.121. The zero-order valence-electron chi connectivity index (χ0n) is 12.1. The summed E-state index contributed by atoms with van der Waals surface area (Å²) in [5.74, 6) is -0.197. The van der Waals surface area contributed by atoms with E-state index in [1.54, 1.807) is 29.9 Å². The topological polar surface area (TPSA) is 64.0 Å². The first kappa shape index (κ1) is 14.5. The van der Waals surface area contributed by atoms with E-state index in [4.69, 9.17) is 0 Å². The van der Waals surface area contributed by atoms with Crippen LogP contribution in [0, 0.1) is 6.92 Å². The van der Waals surface area contributed by atoms with Gasteiger partial charge in [-0.1, -0.05) is 6.07 Å². The number of hydrogen-bond donors (Lipinski definition) is 1. The molecule has 0 atom stereocenters. The quantitative estimate of drug-likeness (QED) is 0.802. The molecular formula is C16H15N3O2S. The predicted molar refractivity (Wildman–Crippen MR) is 86.9 cm³/mol. The third kappa shape index (κ3) is 3.07. The number of carbonyl (C=O) groups excluding carboxylic acids is 1. The predicted octanol–water partition coefficient (Wildman–Crippen LogP) is 2.08. The molecule has 112 valence electrons. The van der Waals surface area contributed by atoms with Crippen molar-refractivity contribution in [1.29, 1.82) is 0 Å². The molecule has 3 aromatic heterocycles. The molecule has 0 unspecified atom stereocenters. The largest absolute Gasteiger partial charge is 0.350 e. The Kier molecular flexibility index (Phi) is 4.02. The molecule has 0 saturated heterocycles. The summed E-state index contributed by atoms with van der Waals surface area (Å²) < 4.78 is 2.39. The molecule has 0 spiro atoms. The third-order valence-electron chi connectivity index (χ3n) is 3.31. The van der Waals surface area contributed by atoms with Gasteiger partial charge in [-0.15, -0.1) is 11.3 Å². The number of rotatable bonds is 4. The van der Waals surface area contributed by atoms with Crippen LogP contribution in [0.1, 0.15) is 10.4 Å². The summed E-state index contributed by atoms with van der Waals surface area (Å²) in [5, 5.41) is 3.46. The first-order valence-electron chi connectivity index (χ1n) is 6.88. The van der Waals surface area contributed by atoms with Crippen molar-refractivity contribution in [3.8, 4) is 0 Å². The Morgan fingerprint density at radius 3 is 3.05 bits per heavy atom. The smallest absolute Gasteiger partial charge is 0.259 e. The lowest BCUT2D eigenvalue weighted by Crippen LogP contribution is -2.31. The average Bonchev–Trinajstić information content (AvgIpc) is 2.91. The zero-order chi connectivity index (χ0) is 15.5. The lowest BCUT2D eigenvalue weighted by atomic mass is 10.3. The second-order valence-electron chi connectivity index (χ2n) is 5.02. The zero-order valence-corrected chi connectivity index (χ0v) is 12.9. The Labute approximate surface area is 131 Å². The van der Waals surface area contributed by atoms with Gasteiger partial charge in [-0.05, 0) is 30.7 Å². The normalized spacial score (nSPS) is 10.8. The number of nitrogens with zero attached hydrogens (tertiary/aromatic N) is 2. The van der Waals surface area contributed by atoms with Crippen molar-refractivity contribution < 1.29 is 4.79 Å². The van der Waals surface area contributed by atoms with Crippen molar-refractivity contribution in [3.05, 3.63) is 63.7 Å². The molecule has 5 nitrogen and oxygen atoms in total. The van der Waals surface area contributed by atoms with Crippen LogP contribution in [0.4, 0.5) is 0 Å². The number of amides is 1. The minimum Gasteiger partial charge on any atom is -0.350 e. The molecule has 0 aliphatic heterocycles. The summed E-state index contributed by atoms with van der Waals surface area (Å²) in [7, 11) is 0. The van der Waals surface area contributed by atoms with E-state index >= 15 is 0 Å². The number of pyridine rings is 2. The van der Waals surface area contributed by atoms with Crippen LogP contribution in [0.25, 0.3) is 10.1 Å². The van der Waals surface area contributed by atoms with Gasteiger partial charge in [-0.2, -0.15) is 0 Å². The summed E-state index contributed by atoms with van der Waals surface area (Å²) in [6.07, 6.45) is 5.06. The highest BCUT2D eigenvalue weighted by atomic mass is 32.1. The van der Waals surface area contributed by atoms with Gasteiger partial charge in [-0.3, -0.25) is 14.6 Å². The molecule has 3 rings (SSSR count). The van der Waals surface area contributed by atoms with Gasteiger partial charge in [0.05, 0.1) is 5.39 Å². The summed E-state index contributed by atoms with van der Waals surface area (Å²) in [5.41, 5.74) is 0.797. The van der Waals surface area contributed by atoms with Gasteiger partial charge in [0.25, 0.3) is 5.56 Å². The molecule has 22 heavy (non-hydrogen) atoms. The van der Waals surface area contributed by atoms with E-state index in [1.165, 1.54) is 4.57 Å². The van der Waals surface area contributed by atoms with Crippen LogP contribution in [-0.4, -0.2) is 15.5 Å². The maximum absolute atomic E-state index is 12.3. The van der Waals surface area contributed by atoms with Crippen molar-refractivity contribution >= 4 is 27.3 Å². The van der Waals surface area contributed by atoms with Gasteiger partial charge in [0.2, 0.25) is 5.91 Å². The molecule has 0 radical (unpaired) electrons. The van der Waals surface area contributed by atoms with E-state index in [0.29, 0.717) is 11.9 Å². The van der Waals surface area contributed by atoms with Gasteiger partial charge < -0.3 is 9.88 Å². The van der Waals surface area contributed by atoms with Crippen LogP contribution in [-0.2, 0) is 17.9 Å². The second-order valence-corrected chi connectivity index (χ2v) is 6.31. The molecule has 1 N–H and O–H groups in total. The van der Waals surface area contributed by atoms with Crippen LogP contribution in [0.3, 0.4) is 0 Å². The fourth-order valence-corrected chi connectivity index (χ4v) is 3.15. The fraction of sp³-hybridized carbons (Fsp3) is 0.188. The van der Waals surface area contributed by atoms with E-state index < -0.39 is 0 Å². The lowest BCUT2D eigenvalue weighted by Gasteiger charge is -2.07. The molecule has 0 bridgehead atoms. The highest BCUT2D eigenvalue weighted by Crippen LogP contribution is 2.21. The Morgan fingerprint density at radius 1 is 1.41 bits per heavy atom. The Bertz CT molecular complexity index is 868. The van der Waals surface area contributed by atoms with Crippen molar-refractivity contribution in [3.63, 3.8) is 0 Å². The summed E-state index contributed by atoms with van der Waals surface area (Å²) in [4.78, 5) is 29.4. The second kappa shape index (κ2) is 6.11. The SMILES string of the molecule is Cc1cc2c(=O)n(CC(=O)NCc3cccnc3)ccc2s1. The van der Waals surface area contributed by atoms with Crippen molar-refractivity contribution in [2.45, 2.75) is 20.0 Å². The highest BCUT2D eigenvalue weighted by Gasteiger charge is 2.09. The fourth-order valence-electron chi connectivity index (χ4n) is 2.24. The molecule has 0 saturated carbocycles. The number of hydrogen-bond acceptors (Lipinski definition) is 4. The standard InChI is InChI=1S/C16H15N3O2S/c1-11-7-13-14(22-11)4-6-19(16(13)21)10-15(20)18-9-12-3-2-5-17-8-12/h2-8H,9-10H2,1H3,(H,18,20). The molecule has 6 heteroatoms. The van der Waals surface area contributed by atoms with Crippen LogP contribution < -0.4 is 10.9 Å². The van der Waals surface area contributed by atoms with Gasteiger partial charge in [-0.25, -0.2) is 0 Å². The molecule has 1 amide bonds. The summed E-state index contributed by atoms with van der Waals surface area (Å²) >= 11 is 1.58. The Balaban J connectivity index is 1.71. The molecule has 3 aromatic rings. The number of thiophene rings is 1. The van der Waals surface area contributed by atoms with Crippen LogP contribution >= 0.6 is 11.3 Å². The van der Waals surface area contributed by atoms with Crippen molar-refractivity contribution in [2.75, 3.05) is 0 Å². The number of aryl methyl sites for hydroxylation is 1. The third-order valence-corrected chi connectivity index (χ3v) is 4.32. The summed E-state index contributed by atoms with van der Waals surface area (Å²) in [6.45, 7) is 2.39. The number of aromatic nitrogens is 2.